The van der Waals surface area contributed by atoms with Gasteiger partial charge in [-0.25, -0.2) is 4.98 Å². The van der Waals surface area contributed by atoms with Crippen molar-refractivity contribution in [2.24, 2.45) is 0 Å². The van der Waals surface area contributed by atoms with Gasteiger partial charge in [-0.1, -0.05) is 36.4 Å². The Hall–Kier alpha value is -1.72. The molecule has 1 atom stereocenters. The summed E-state index contributed by atoms with van der Waals surface area (Å²) in [6.07, 6.45) is -0.651. The fourth-order valence-electron chi connectivity index (χ4n) is 1.69. The topological polar surface area (TPSA) is 51.2 Å². The second-order valence-corrected chi connectivity index (χ2v) is 4.67. The van der Waals surface area contributed by atoms with E-state index in [2.05, 4.69) is 26.2 Å². The van der Waals surface area contributed by atoms with Crippen LogP contribution in [0, 0.1) is 0 Å². The molecule has 0 spiro atoms. The molecule has 4 nitrogen and oxygen atoms in total. The van der Waals surface area contributed by atoms with E-state index in [0.29, 0.717) is 10.4 Å². The number of anilines is 1. The minimum Gasteiger partial charge on any atom is -0.367 e. The highest BCUT2D eigenvalue weighted by Crippen LogP contribution is 2.19. The summed E-state index contributed by atoms with van der Waals surface area (Å²) in [7, 11) is 1.51. The molecule has 0 saturated heterocycles. The predicted molar refractivity (Wildman–Crippen MR) is 76.8 cm³/mol. The number of rotatable bonds is 4. The van der Waals surface area contributed by atoms with Crippen molar-refractivity contribution in [3.05, 3.63) is 58.7 Å². The first-order chi connectivity index (χ1) is 9.20. The van der Waals surface area contributed by atoms with Crippen LogP contribution in [0.15, 0.2) is 53.1 Å². The van der Waals surface area contributed by atoms with E-state index >= 15 is 0 Å². The molecular formula is C14H13BrN2O2. The van der Waals surface area contributed by atoms with Crippen LogP contribution in [-0.2, 0) is 9.53 Å². The number of ether oxygens (including phenoxy) is 1. The highest BCUT2D eigenvalue weighted by molar-refractivity contribution is 9.10. The molecule has 19 heavy (non-hydrogen) atoms. The van der Waals surface area contributed by atoms with Gasteiger partial charge in [0.05, 0.1) is 0 Å². The molecule has 1 N–H and O–H groups in total. The summed E-state index contributed by atoms with van der Waals surface area (Å²) in [5.41, 5.74) is 0.803. The number of benzene rings is 1. The lowest BCUT2D eigenvalue weighted by molar-refractivity contribution is -0.126. The Balaban J connectivity index is 2.14. The molecule has 0 bridgehead atoms. The van der Waals surface area contributed by atoms with Gasteiger partial charge < -0.3 is 10.1 Å². The van der Waals surface area contributed by atoms with Crippen LogP contribution in [0.3, 0.4) is 0 Å². The van der Waals surface area contributed by atoms with Crippen molar-refractivity contribution < 1.29 is 9.53 Å². The molecule has 0 aliphatic heterocycles. The Morgan fingerprint density at radius 3 is 2.58 bits per heavy atom. The first kappa shape index (κ1) is 13.7. The highest BCUT2D eigenvalue weighted by Gasteiger charge is 2.20. The molecule has 1 aromatic heterocycles. The molecule has 2 aromatic rings. The summed E-state index contributed by atoms with van der Waals surface area (Å²) in [6.45, 7) is 0. The van der Waals surface area contributed by atoms with Crippen molar-refractivity contribution in [1.82, 2.24) is 4.98 Å². The highest BCUT2D eigenvalue weighted by atomic mass is 79.9. The average Bonchev–Trinajstić information content (AvgIpc) is 2.41. The van der Waals surface area contributed by atoms with Gasteiger partial charge in [0.2, 0.25) is 0 Å². The van der Waals surface area contributed by atoms with E-state index < -0.39 is 6.10 Å². The van der Waals surface area contributed by atoms with E-state index in [0.717, 1.165) is 5.56 Å². The molecule has 0 radical (unpaired) electrons. The van der Waals surface area contributed by atoms with Crippen LogP contribution >= 0.6 is 15.9 Å². The molecule has 1 heterocycles. The minimum absolute atomic E-state index is 0.251. The fraction of sp³-hybridized carbons (Fsp3) is 0.143. The molecule has 1 amide bonds. The summed E-state index contributed by atoms with van der Waals surface area (Å²) in [5.74, 6) is 0.233. The molecule has 0 aliphatic rings. The standard InChI is InChI=1S/C14H13BrN2O2/c1-19-13(10-6-3-2-4-7-10)14(18)17-12-9-5-8-11(15)16-12/h2-9,13H,1H3,(H,16,17,18). The molecule has 5 heteroatoms. The maximum atomic E-state index is 12.2. The third kappa shape index (κ3) is 3.62. The minimum atomic E-state index is -0.651. The number of aromatic nitrogens is 1. The van der Waals surface area contributed by atoms with Crippen LogP contribution in [-0.4, -0.2) is 18.0 Å². The van der Waals surface area contributed by atoms with E-state index in [1.807, 2.05) is 30.3 Å². The molecule has 0 aliphatic carbocycles. The van der Waals surface area contributed by atoms with Crippen molar-refractivity contribution in [3.63, 3.8) is 0 Å². The molecule has 2 rings (SSSR count). The Labute approximate surface area is 119 Å². The van der Waals surface area contributed by atoms with Gasteiger partial charge >= 0.3 is 0 Å². The van der Waals surface area contributed by atoms with Crippen LogP contribution < -0.4 is 5.32 Å². The fourth-order valence-corrected chi connectivity index (χ4v) is 2.04. The number of nitrogens with one attached hydrogen (secondary N) is 1. The van der Waals surface area contributed by atoms with E-state index in [4.69, 9.17) is 4.74 Å². The number of hydrogen-bond acceptors (Lipinski definition) is 3. The second kappa shape index (κ2) is 6.45. The summed E-state index contributed by atoms with van der Waals surface area (Å²) < 4.78 is 5.91. The first-order valence-electron chi connectivity index (χ1n) is 5.72. The van der Waals surface area contributed by atoms with E-state index in [1.165, 1.54) is 7.11 Å². The lowest BCUT2D eigenvalue weighted by Crippen LogP contribution is -2.23. The van der Waals surface area contributed by atoms with Gasteiger partial charge in [0.25, 0.3) is 5.91 Å². The Morgan fingerprint density at radius 1 is 1.21 bits per heavy atom. The molecule has 1 aromatic carbocycles. The van der Waals surface area contributed by atoms with Gasteiger partial charge in [-0.2, -0.15) is 0 Å². The van der Waals surface area contributed by atoms with Crippen LogP contribution in [0.5, 0.6) is 0 Å². The van der Waals surface area contributed by atoms with E-state index in [9.17, 15) is 4.79 Å². The zero-order valence-corrected chi connectivity index (χ0v) is 11.9. The molecule has 98 valence electrons. The quantitative estimate of drug-likeness (QED) is 0.880. The predicted octanol–water partition coefficient (Wildman–Crippen LogP) is 3.17. The van der Waals surface area contributed by atoms with Crippen molar-refractivity contribution >= 4 is 27.7 Å². The summed E-state index contributed by atoms with van der Waals surface area (Å²) in [6, 6.07) is 14.6. The van der Waals surface area contributed by atoms with E-state index in [1.54, 1.807) is 18.2 Å². The second-order valence-electron chi connectivity index (χ2n) is 3.86. The molecule has 0 fully saturated rings. The van der Waals surface area contributed by atoms with Crippen LogP contribution in [0.25, 0.3) is 0 Å². The number of carbonyl (C=O) groups is 1. The van der Waals surface area contributed by atoms with Crippen molar-refractivity contribution in [2.75, 3.05) is 12.4 Å². The normalized spacial score (nSPS) is 11.9. The number of amides is 1. The molecular weight excluding hydrogens is 308 g/mol. The Morgan fingerprint density at radius 2 is 1.95 bits per heavy atom. The number of pyridine rings is 1. The lowest BCUT2D eigenvalue weighted by atomic mass is 10.1. The zero-order valence-electron chi connectivity index (χ0n) is 10.3. The molecule has 1 unspecified atom stereocenters. The zero-order chi connectivity index (χ0) is 13.7. The summed E-state index contributed by atoms with van der Waals surface area (Å²) in [4.78, 5) is 16.3. The number of hydrogen-bond donors (Lipinski definition) is 1. The number of nitrogens with zero attached hydrogens (tertiary/aromatic N) is 1. The van der Waals surface area contributed by atoms with Crippen molar-refractivity contribution in [3.8, 4) is 0 Å². The molecule has 0 saturated carbocycles. The smallest absolute Gasteiger partial charge is 0.259 e. The summed E-state index contributed by atoms with van der Waals surface area (Å²) in [5, 5.41) is 2.73. The third-order valence-electron chi connectivity index (χ3n) is 2.54. The summed E-state index contributed by atoms with van der Waals surface area (Å²) >= 11 is 3.26. The maximum Gasteiger partial charge on any atom is 0.259 e. The first-order valence-corrected chi connectivity index (χ1v) is 6.51. The van der Waals surface area contributed by atoms with Gasteiger partial charge in [0.1, 0.15) is 10.4 Å². The van der Waals surface area contributed by atoms with Crippen LogP contribution in [0.2, 0.25) is 0 Å². The van der Waals surface area contributed by atoms with Crippen molar-refractivity contribution in [2.45, 2.75) is 6.10 Å². The maximum absolute atomic E-state index is 12.2. The Bertz CT molecular complexity index is 560. The number of methoxy groups -OCH3 is 1. The van der Waals surface area contributed by atoms with Crippen LogP contribution in [0.1, 0.15) is 11.7 Å². The average molecular weight is 321 g/mol. The SMILES string of the molecule is COC(C(=O)Nc1cccc(Br)n1)c1ccccc1. The van der Waals surface area contributed by atoms with Crippen LogP contribution in [0.4, 0.5) is 5.82 Å². The largest absolute Gasteiger partial charge is 0.367 e. The number of carbonyl (C=O) groups excluding carboxylic acids is 1. The number of halogens is 1. The van der Waals surface area contributed by atoms with Crippen molar-refractivity contribution in [1.29, 1.82) is 0 Å². The van der Waals surface area contributed by atoms with Gasteiger partial charge in [0.15, 0.2) is 6.10 Å². The van der Waals surface area contributed by atoms with E-state index in [-0.39, 0.29) is 5.91 Å². The van der Waals surface area contributed by atoms with Gasteiger partial charge in [-0.05, 0) is 33.6 Å². The van der Waals surface area contributed by atoms with Gasteiger partial charge in [-0.15, -0.1) is 0 Å². The third-order valence-corrected chi connectivity index (χ3v) is 2.98. The Kier molecular flexibility index (Phi) is 4.65. The van der Waals surface area contributed by atoms with Gasteiger partial charge in [0, 0.05) is 7.11 Å². The monoisotopic (exact) mass is 320 g/mol. The van der Waals surface area contributed by atoms with Gasteiger partial charge in [-0.3, -0.25) is 4.79 Å². The lowest BCUT2D eigenvalue weighted by Gasteiger charge is -2.15.